The largest absolute Gasteiger partial charge is 0.353 e. The first-order valence-corrected chi connectivity index (χ1v) is 12.3. The molecule has 1 saturated heterocycles. The lowest BCUT2D eigenvalue weighted by molar-refractivity contribution is -0.145. The van der Waals surface area contributed by atoms with Crippen LogP contribution in [-0.2, 0) is 9.59 Å². The van der Waals surface area contributed by atoms with Gasteiger partial charge in [0.2, 0.25) is 11.8 Å². The number of carbonyl (C=O) groups excluding carboxylic acids is 2. The Hall–Kier alpha value is -3.03. The molecule has 182 valence electrons. The van der Waals surface area contributed by atoms with Gasteiger partial charge in [-0.25, -0.2) is 4.39 Å². The van der Waals surface area contributed by atoms with Crippen molar-refractivity contribution in [2.24, 2.45) is 11.8 Å². The highest BCUT2D eigenvalue weighted by Crippen LogP contribution is 2.28. The van der Waals surface area contributed by atoms with E-state index in [1.807, 2.05) is 17.0 Å². The number of hydrogen-bond acceptors (Lipinski definition) is 5. The highest BCUT2D eigenvalue weighted by atomic mass is 19.1. The second-order valence-corrected chi connectivity index (χ2v) is 9.75. The van der Waals surface area contributed by atoms with E-state index < -0.39 is 0 Å². The first-order chi connectivity index (χ1) is 16.4. The SMILES string of the molecule is CC(C)CN(CC(=O)N1CCCN(c2ccc(-c3ccc(F)cc3)nn2)CC1)C(=O)C1CCC1. The first kappa shape index (κ1) is 24.1. The van der Waals surface area contributed by atoms with Gasteiger partial charge in [0.25, 0.3) is 0 Å². The quantitative estimate of drug-likeness (QED) is 0.622. The summed E-state index contributed by atoms with van der Waals surface area (Å²) in [5.41, 5.74) is 1.51. The summed E-state index contributed by atoms with van der Waals surface area (Å²) in [5, 5.41) is 8.69. The Labute approximate surface area is 200 Å². The van der Waals surface area contributed by atoms with Crippen molar-refractivity contribution < 1.29 is 14.0 Å². The van der Waals surface area contributed by atoms with Gasteiger partial charge in [-0.2, -0.15) is 0 Å². The maximum absolute atomic E-state index is 13.2. The standard InChI is InChI=1S/C26H34FN5O2/c1-19(2)17-32(26(34)21-5-3-6-21)18-25(33)31-14-4-13-30(15-16-31)24-12-11-23(28-29-24)20-7-9-22(27)10-8-20/h7-12,19,21H,3-6,13-18H2,1-2H3. The van der Waals surface area contributed by atoms with Crippen molar-refractivity contribution in [3.8, 4) is 11.3 Å². The van der Waals surface area contributed by atoms with Gasteiger partial charge in [-0.3, -0.25) is 9.59 Å². The van der Waals surface area contributed by atoms with E-state index in [4.69, 9.17) is 0 Å². The molecule has 0 spiro atoms. The van der Waals surface area contributed by atoms with Crippen LogP contribution in [0.15, 0.2) is 36.4 Å². The molecule has 1 saturated carbocycles. The summed E-state index contributed by atoms with van der Waals surface area (Å²) in [6.45, 7) is 7.66. The Morgan fingerprint density at radius 3 is 2.38 bits per heavy atom. The van der Waals surface area contributed by atoms with E-state index in [-0.39, 0.29) is 30.1 Å². The maximum atomic E-state index is 13.2. The summed E-state index contributed by atoms with van der Waals surface area (Å²) >= 11 is 0. The third-order valence-electron chi connectivity index (χ3n) is 6.64. The molecular weight excluding hydrogens is 433 g/mol. The second-order valence-electron chi connectivity index (χ2n) is 9.75. The minimum absolute atomic E-state index is 0.0212. The Balaban J connectivity index is 1.35. The number of rotatable bonds is 7. The molecule has 2 aromatic rings. The topological polar surface area (TPSA) is 69.6 Å². The molecule has 7 nitrogen and oxygen atoms in total. The minimum Gasteiger partial charge on any atom is -0.353 e. The van der Waals surface area contributed by atoms with Gasteiger partial charge in [0.15, 0.2) is 5.82 Å². The van der Waals surface area contributed by atoms with Crippen LogP contribution < -0.4 is 4.90 Å². The van der Waals surface area contributed by atoms with Crippen LogP contribution >= 0.6 is 0 Å². The second kappa shape index (κ2) is 10.9. The number of hydrogen-bond donors (Lipinski definition) is 0. The van der Waals surface area contributed by atoms with Crippen molar-refractivity contribution in [2.75, 3.05) is 44.2 Å². The van der Waals surface area contributed by atoms with Gasteiger partial charge in [0, 0.05) is 44.2 Å². The normalized spacial score (nSPS) is 16.8. The number of aromatic nitrogens is 2. The number of nitrogens with zero attached hydrogens (tertiary/aromatic N) is 5. The lowest BCUT2D eigenvalue weighted by Gasteiger charge is -2.33. The van der Waals surface area contributed by atoms with Crippen molar-refractivity contribution in [1.29, 1.82) is 0 Å². The zero-order valence-electron chi connectivity index (χ0n) is 20.1. The van der Waals surface area contributed by atoms with E-state index in [0.29, 0.717) is 37.8 Å². The molecule has 0 N–H and O–H groups in total. The molecule has 0 atom stereocenters. The van der Waals surface area contributed by atoms with Crippen molar-refractivity contribution in [2.45, 2.75) is 39.5 Å². The molecule has 4 rings (SSSR count). The predicted octanol–water partition coefficient (Wildman–Crippen LogP) is 3.61. The molecule has 0 unspecified atom stereocenters. The van der Waals surface area contributed by atoms with Crippen LogP contribution in [0.1, 0.15) is 39.5 Å². The Bertz CT molecular complexity index is 976. The van der Waals surface area contributed by atoms with Crippen molar-refractivity contribution in [3.05, 3.63) is 42.2 Å². The van der Waals surface area contributed by atoms with Crippen molar-refractivity contribution in [1.82, 2.24) is 20.0 Å². The number of carbonyl (C=O) groups is 2. The molecular formula is C26H34FN5O2. The molecule has 2 amide bonds. The van der Waals surface area contributed by atoms with Crippen LogP contribution in [0.3, 0.4) is 0 Å². The zero-order chi connectivity index (χ0) is 24.1. The molecule has 2 heterocycles. The number of amides is 2. The molecule has 2 fully saturated rings. The van der Waals surface area contributed by atoms with Gasteiger partial charge >= 0.3 is 0 Å². The Kier molecular flexibility index (Phi) is 7.75. The third-order valence-corrected chi connectivity index (χ3v) is 6.64. The molecule has 1 aromatic heterocycles. The van der Waals surface area contributed by atoms with E-state index >= 15 is 0 Å². The average Bonchev–Trinajstić information content (AvgIpc) is 3.04. The van der Waals surface area contributed by atoms with Crippen LogP contribution in [0.4, 0.5) is 10.2 Å². The van der Waals surface area contributed by atoms with Crippen LogP contribution in [0.2, 0.25) is 0 Å². The summed E-state index contributed by atoms with van der Waals surface area (Å²) < 4.78 is 13.2. The molecule has 1 aliphatic carbocycles. The maximum Gasteiger partial charge on any atom is 0.242 e. The Morgan fingerprint density at radius 1 is 1.00 bits per heavy atom. The lowest BCUT2D eigenvalue weighted by Crippen LogP contribution is -2.48. The molecule has 0 bridgehead atoms. The van der Waals surface area contributed by atoms with E-state index in [2.05, 4.69) is 28.9 Å². The van der Waals surface area contributed by atoms with Gasteiger partial charge in [-0.15, -0.1) is 10.2 Å². The van der Waals surface area contributed by atoms with Crippen molar-refractivity contribution >= 4 is 17.6 Å². The van der Waals surface area contributed by atoms with Gasteiger partial charge < -0.3 is 14.7 Å². The number of benzene rings is 1. The summed E-state index contributed by atoms with van der Waals surface area (Å²) in [7, 11) is 0. The fourth-order valence-electron chi connectivity index (χ4n) is 4.51. The fraction of sp³-hybridized carbons (Fsp3) is 0.538. The van der Waals surface area contributed by atoms with Crippen LogP contribution in [0, 0.1) is 17.7 Å². The molecule has 2 aliphatic rings. The summed E-state index contributed by atoms with van der Waals surface area (Å²) in [6.07, 6.45) is 3.83. The first-order valence-electron chi connectivity index (χ1n) is 12.3. The van der Waals surface area contributed by atoms with Crippen LogP contribution in [0.25, 0.3) is 11.3 Å². The monoisotopic (exact) mass is 467 g/mol. The van der Waals surface area contributed by atoms with E-state index in [0.717, 1.165) is 43.6 Å². The molecule has 1 aliphatic heterocycles. The van der Waals surface area contributed by atoms with E-state index in [1.54, 1.807) is 17.0 Å². The van der Waals surface area contributed by atoms with Gasteiger partial charge in [0.1, 0.15) is 5.82 Å². The lowest BCUT2D eigenvalue weighted by atomic mass is 9.84. The Morgan fingerprint density at radius 2 is 1.76 bits per heavy atom. The van der Waals surface area contributed by atoms with E-state index in [1.165, 1.54) is 12.1 Å². The molecule has 8 heteroatoms. The summed E-state index contributed by atoms with van der Waals surface area (Å²) in [6, 6.07) is 10.0. The zero-order valence-corrected chi connectivity index (χ0v) is 20.1. The highest BCUT2D eigenvalue weighted by Gasteiger charge is 2.32. The average molecular weight is 468 g/mol. The number of halogens is 1. The molecule has 1 aromatic carbocycles. The predicted molar refractivity (Wildman–Crippen MR) is 130 cm³/mol. The number of anilines is 1. The molecule has 34 heavy (non-hydrogen) atoms. The minimum atomic E-state index is -0.281. The summed E-state index contributed by atoms with van der Waals surface area (Å²) in [4.78, 5) is 31.7. The fourth-order valence-corrected chi connectivity index (χ4v) is 4.51. The van der Waals surface area contributed by atoms with Gasteiger partial charge in [-0.1, -0.05) is 20.3 Å². The highest BCUT2D eigenvalue weighted by molar-refractivity contribution is 5.86. The van der Waals surface area contributed by atoms with Gasteiger partial charge in [0.05, 0.1) is 12.2 Å². The van der Waals surface area contributed by atoms with Crippen molar-refractivity contribution in [3.63, 3.8) is 0 Å². The smallest absolute Gasteiger partial charge is 0.242 e. The van der Waals surface area contributed by atoms with Gasteiger partial charge in [-0.05, 0) is 61.6 Å². The van der Waals surface area contributed by atoms with Crippen LogP contribution in [-0.4, -0.2) is 71.1 Å². The van der Waals surface area contributed by atoms with E-state index in [9.17, 15) is 14.0 Å². The third kappa shape index (κ3) is 5.90. The van der Waals surface area contributed by atoms with Crippen LogP contribution in [0.5, 0.6) is 0 Å². The summed E-state index contributed by atoms with van der Waals surface area (Å²) in [5.74, 6) is 1.07. The molecule has 0 radical (unpaired) electrons.